The Kier molecular flexibility index (Phi) is 5.91. The molecular weight excluding hydrogens is 218 g/mol. The van der Waals surface area contributed by atoms with Crippen molar-refractivity contribution in [3.63, 3.8) is 0 Å². The van der Waals surface area contributed by atoms with E-state index in [0.29, 0.717) is 11.3 Å². The number of aromatic nitrogens is 2. The largest absolute Gasteiger partial charge is 0.308 e. The van der Waals surface area contributed by atoms with E-state index in [2.05, 4.69) is 37.3 Å². The molecule has 0 fully saturated rings. The molecule has 0 saturated carbocycles. The third kappa shape index (κ3) is 4.58. The van der Waals surface area contributed by atoms with Crippen LogP contribution in [0.15, 0.2) is 12.3 Å². The van der Waals surface area contributed by atoms with Gasteiger partial charge in [0.2, 0.25) is 0 Å². The van der Waals surface area contributed by atoms with Gasteiger partial charge in [-0.05, 0) is 24.3 Å². The quantitative estimate of drug-likeness (QED) is 0.796. The van der Waals surface area contributed by atoms with E-state index in [1.54, 1.807) is 0 Å². The van der Waals surface area contributed by atoms with Crippen LogP contribution in [0.4, 0.5) is 0 Å². The summed E-state index contributed by atoms with van der Waals surface area (Å²) >= 11 is 1.98. The molecule has 16 heavy (non-hydrogen) atoms. The highest BCUT2D eigenvalue weighted by Crippen LogP contribution is 2.19. The van der Waals surface area contributed by atoms with Crippen LogP contribution in [-0.4, -0.2) is 27.3 Å². The lowest BCUT2D eigenvalue weighted by Crippen LogP contribution is -2.25. The van der Waals surface area contributed by atoms with Crippen LogP contribution in [-0.2, 0) is 7.05 Å². The highest BCUT2D eigenvalue weighted by Gasteiger charge is 2.13. The van der Waals surface area contributed by atoms with Crippen LogP contribution >= 0.6 is 11.8 Å². The molecule has 0 radical (unpaired) electrons. The molecule has 4 heteroatoms. The molecule has 0 spiro atoms. The molecule has 1 aromatic rings. The van der Waals surface area contributed by atoms with Crippen molar-refractivity contribution < 1.29 is 0 Å². The third-order valence-electron chi connectivity index (χ3n) is 2.33. The molecule has 1 atom stereocenters. The molecule has 0 bridgehead atoms. The Hall–Kier alpha value is -0.480. The summed E-state index contributed by atoms with van der Waals surface area (Å²) in [5, 5.41) is 8.72. The fraction of sp³-hybridized carbons (Fsp3) is 0.750. The van der Waals surface area contributed by atoms with Gasteiger partial charge in [0, 0.05) is 19.0 Å². The molecule has 0 aliphatic rings. The van der Waals surface area contributed by atoms with E-state index in [-0.39, 0.29) is 0 Å². The first kappa shape index (κ1) is 13.6. The average Bonchev–Trinajstić information content (AvgIpc) is 2.64. The van der Waals surface area contributed by atoms with Crippen molar-refractivity contribution in [1.29, 1.82) is 0 Å². The van der Waals surface area contributed by atoms with E-state index in [9.17, 15) is 0 Å². The van der Waals surface area contributed by atoms with Crippen LogP contribution in [0.5, 0.6) is 0 Å². The highest BCUT2D eigenvalue weighted by molar-refractivity contribution is 7.99. The van der Waals surface area contributed by atoms with E-state index in [4.69, 9.17) is 0 Å². The van der Waals surface area contributed by atoms with Crippen molar-refractivity contribution >= 4 is 11.8 Å². The van der Waals surface area contributed by atoms with Gasteiger partial charge in [-0.15, -0.1) is 0 Å². The minimum Gasteiger partial charge on any atom is -0.308 e. The molecule has 1 rings (SSSR count). The highest BCUT2D eigenvalue weighted by atomic mass is 32.2. The monoisotopic (exact) mass is 241 g/mol. The Morgan fingerprint density at radius 3 is 2.75 bits per heavy atom. The number of nitrogens with zero attached hydrogens (tertiary/aromatic N) is 2. The second-order valence-electron chi connectivity index (χ2n) is 4.30. The van der Waals surface area contributed by atoms with Crippen LogP contribution in [0.3, 0.4) is 0 Å². The Balaban J connectivity index is 2.55. The first-order valence-corrected chi connectivity index (χ1v) is 7.03. The van der Waals surface area contributed by atoms with Gasteiger partial charge in [0.05, 0.1) is 11.7 Å². The van der Waals surface area contributed by atoms with Crippen molar-refractivity contribution in [2.45, 2.75) is 38.5 Å². The summed E-state index contributed by atoms with van der Waals surface area (Å²) in [4.78, 5) is 0. The summed E-state index contributed by atoms with van der Waals surface area (Å²) < 4.78 is 1.87. The maximum absolute atomic E-state index is 4.48. The molecule has 1 N–H and O–H groups in total. The third-order valence-corrected chi connectivity index (χ3v) is 3.52. The van der Waals surface area contributed by atoms with Crippen molar-refractivity contribution in [3.8, 4) is 0 Å². The molecule has 1 aromatic heterocycles. The van der Waals surface area contributed by atoms with Crippen molar-refractivity contribution in [1.82, 2.24) is 15.1 Å². The van der Waals surface area contributed by atoms with Gasteiger partial charge in [-0.3, -0.25) is 4.68 Å². The maximum atomic E-state index is 4.48. The number of thioether (sulfide) groups is 1. The average molecular weight is 241 g/mol. The summed E-state index contributed by atoms with van der Waals surface area (Å²) in [6, 6.07) is 2.49. The Morgan fingerprint density at radius 1 is 1.50 bits per heavy atom. The van der Waals surface area contributed by atoms with Crippen LogP contribution < -0.4 is 5.32 Å². The Bertz CT molecular complexity index is 296. The molecule has 1 heterocycles. The van der Waals surface area contributed by atoms with Gasteiger partial charge in [0.15, 0.2) is 0 Å². The molecule has 3 nitrogen and oxygen atoms in total. The molecule has 0 aromatic carbocycles. The molecular formula is C12H23N3S. The number of hydrogen-bond donors (Lipinski definition) is 1. The second-order valence-corrected chi connectivity index (χ2v) is 5.91. The van der Waals surface area contributed by atoms with Gasteiger partial charge >= 0.3 is 0 Å². The van der Waals surface area contributed by atoms with Crippen LogP contribution in [0.1, 0.15) is 38.9 Å². The Morgan fingerprint density at radius 2 is 2.25 bits per heavy atom. The van der Waals surface area contributed by atoms with E-state index in [1.807, 2.05) is 29.7 Å². The van der Waals surface area contributed by atoms with Crippen molar-refractivity contribution in [3.05, 3.63) is 18.0 Å². The lowest BCUT2D eigenvalue weighted by molar-refractivity contribution is 0.555. The lowest BCUT2D eigenvalue weighted by atomic mass is 10.2. The SMILES string of the molecule is CCCNC(CSC(C)C)c1ccn(C)n1. The smallest absolute Gasteiger partial charge is 0.0802 e. The van der Waals surface area contributed by atoms with E-state index in [1.165, 1.54) is 0 Å². The van der Waals surface area contributed by atoms with Crippen LogP contribution in [0.25, 0.3) is 0 Å². The summed E-state index contributed by atoms with van der Waals surface area (Å²) in [6.45, 7) is 7.72. The van der Waals surface area contributed by atoms with Crippen LogP contribution in [0, 0.1) is 0 Å². The summed E-state index contributed by atoms with van der Waals surface area (Å²) in [6.07, 6.45) is 3.17. The van der Waals surface area contributed by atoms with Crippen molar-refractivity contribution in [2.75, 3.05) is 12.3 Å². The zero-order valence-corrected chi connectivity index (χ0v) is 11.5. The zero-order chi connectivity index (χ0) is 12.0. The number of rotatable bonds is 7. The van der Waals surface area contributed by atoms with E-state index >= 15 is 0 Å². The second kappa shape index (κ2) is 6.97. The predicted octanol–water partition coefficient (Wildman–Crippen LogP) is 2.60. The first-order valence-electron chi connectivity index (χ1n) is 5.98. The summed E-state index contributed by atoms with van der Waals surface area (Å²) in [7, 11) is 1.97. The van der Waals surface area contributed by atoms with Gasteiger partial charge < -0.3 is 5.32 Å². The van der Waals surface area contributed by atoms with Crippen molar-refractivity contribution in [2.24, 2.45) is 7.05 Å². The minimum absolute atomic E-state index is 0.383. The number of aryl methyl sites for hydroxylation is 1. The predicted molar refractivity (Wildman–Crippen MR) is 71.8 cm³/mol. The van der Waals surface area contributed by atoms with Gasteiger partial charge in [-0.25, -0.2) is 0 Å². The molecule has 92 valence electrons. The molecule has 0 aliphatic carbocycles. The fourth-order valence-corrected chi connectivity index (χ4v) is 2.34. The van der Waals surface area contributed by atoms with Gasteiger partial charge in [0.25, 0.3) is 0 Å². The molecule has 0 saturated heterocycles. The topological polar surface area (TPSA) is 29.9 Å². The molecule has 1 unspecified atom stereocenters. The Labute approximate surface area is 103 Å². The first-order chi connectivity index (χ1) is 7.63. The molecule has 0 amide bonds. The maximum Gasteiger partial charge on any atom is 0.0802 e. The summed E-state index contributed by atoms with van der Waals surface area (Å²) in [5.74, 6) is 1.09. The number of nitrogens with one attached hydrogen (secondary N) is 1. The molecule has 0 aliphatic heterocycles. The minimum atomic E-state index is 0.383. The fourth-order valence-electron chi connectivity index (χ4n) is 1.48. The van der Waals surface area contributed by atoms with Gasteiger partial charge in [-0.1, -0.05) is 20.8 Å². The standard InChI is InChI=1S/C12H23N3S/c1-5-7-13-12(9-16-10(2)3)11-6-8-15(4)14-11/h6,8,10,12-13H,5,7,9H2,1-4H3. The normalized spacial score (nSPS) is 13.3. The van der Waals surface area contributed by atoms with E-state index in [0.717, 1.165) is 24.4 Å². The van der Waals surface area contributed by atoms with E-state index < -0.39 is 0 Å². The zero-order valence-electron chi connectivity index (χ0n) is 10.7. The van der Waals surface area contributed by atoms with Gasteiger partial charge in [0.1, 0.15) is 0 Å². The lowest BCUT2D eigenvalue weighted by Gasteiger charge is -2.17. The summed E-state index contributed by atoms with van der Waals surface area (Å²) in [5.41, 5.74) is 1.16. The van der Waals surface area contributed by atoms with Gasteiger partial charge in [-0.2, -0.15) is 16.9 Å². The van der Waals surface area contributed by atoms with Crippen LogP contribution in [0.2, 0.25) is 0 Å². The number of hydrogen-bond acceptors (Lipinski definition) is 3.